The Bertz CT molecular complexity index is 517. The Morgan fingerprint density at radius 1 is 1.40 bits per heavy atom. The Morgan fingerprint density at radius 2 is 1.90 bits per heavy atom. The quantitative estimate of drug-likeness (QED) is 0.632. The van der Waals surface area contributed by atoms with E-state index in [1.165, 1.54) is 6.92 Å². The van der Waals surface area contributed by atoms with Gasteiger partial charge in [0.05, 0.1) is 11.0 Å². The van der Waals surface area contributed by atoms with E-state index >= 15 is 0 Å². The normalized spacial score (nSPS) is 13.8. The van der Waals surface area contributed by atoms with Gasteiger partial charge in [0.2, 0.25) is 11.6 Å². The van der Waals surface area contributed by atoms with Crippen molar-refractivity contribution in [2.75, 3.05) is 5.75 Å². The molecule has 0 amide bonds. The second-order valence-electron chi connectivity index (χ2n) is 3.91. The smallest absolute Gasteiger partial charge is 0.340 e. The van der Waals surface area contributed by atoms with E-state index in [2.05, 4.69) is 0 Å². The highest BCUT2D eigenvalue weighted by Gasteiger charge is 2.26. The van der Waals surface area contributed by atoms with Crippen molar-refractivity contribution in [1.29, 1.82) is 0 Å². The van der Waals surface area contributed by atoms with Crippen LogP contribution in [0.5, 0.6) is 0 Å². The van der Waals surface area contributed by atoms with Crippen LogP contribution in [0.4, 0.5) is 14.5 Å². The number of carbonyl (C=O) groups is 1. The summed E-state index contributed by atoms with van der Waals surface area (Å²) in [7, 11) is 0. The molecular weight excluding hydrogens is 296 g/mol. The van der Waals surface area contributed by atoms with Gasteiger partial charge in [-0.2, -0.15) is 8.78 Å². The van der Waals surface area contributed by atoms with E-state index in [0.29, 0.717) is 12.1 Å². The number of hydrogen-bond donors (Lipinski definition) is 2. The molecule has 2 unspecified atom stereocenters. The summed E-state index contributed by atoms with van der Waals surface area (Å²) < 4.78 is 26.7. The summed E-state index contributed by atoms with van der Waals surface area (Å²) in [5.41, 5.74) is -1.67. The molecule has 1 aromatic carbocycles. The zero-order valence-corrected chi connectivity index (χ0v) is 11.1. The molecule has 1 aromatic rings. The first kappa shape index (κ1) is 16.5. The number of nitro benzene ring substituents is 1. The number of benzene rings is 1. The van der Waals surface area contributed by atoms with E-state index in [4.69, 9.17) is 0 Å². The number of hydrogen-bond acceptors (Lipinski definition) is 6. The number of aliphatic hydroxyl groups excluding tert-OH is 2. The fraction of sp³-hybridized carbons (Fsp3) is 0.364. The standard InChI is InChI=1S/C11H11F2NO5S/c1-5(15)20-4-9(16)11(17)6-2-7(12)10(14(18)19)8(13)3-6/h2-3,9,11,16-17H,4H2,1H3. The summed E-state index contributed by atoms with van der Waals surface area (Å²) in [5.74, 6) is -3.07. The molecule has 0 aliphatic carbocycles. The molecule has 2 atom stereocenters. The van der Waals surface area contributed by atoms with Crippen LogP contribution in [-0.4, -0.2) is 32.1 Å². The van der Waals surface area contributed by atoms with Crippen molar-refractivity contribution in [1.82, 2.24) is 0 Å². The van der Waals surface area contributed by atoms with Gasteiger partial charge in [0.15, 0.2) is 5.12 Å². The number of nitrogens with zero attached hydrogens (tertiary/aromatic N) is 1. The summed E-state index contributed by atoms with van der Waals surface area (Å²) in [6, 6.07) is 1.15. The fourth-order valence-corrected chi connectivity index (χ4v) is 2.03. The van der Waals surface area contributed by atoms with E-state index in [0.717, 1.165) is 11.8 Å². The van der Waals surface area contributed by atoms with Gasteiger partial charge in [-0.15, -0.1) is 0 Å². The highest BCUT2D eigenvalue weighted by atomic mass is 32.2. The molecule has 0 radical (unpaired) electrons. The zero-order chi connectivity index (χ0) is 15.4. The van der Waals surface area contributed by atoms with Crippen LogP contribution < -0.4 is 0 Å². The molecule has 0 aromatic heterocycles. The Morgan fingerprint density at radius 3 is 2.30 bits per heavy atom. The summed E-state index contributed by atoms with van der Waals surface area (Å²) in [6.07, 6.45) is -3.10. The maximum atomic E-state index is 13.4. The zero-order valence-electron chi connectivity index (χ0n) is 10.2. The highest BCUT2D eigenvalue weighted by Crippen LogP contribution is 2.28. The van der Waals surface area contributed by atoms with Crippen LogP contribution in [0.2, 0.25) is 0 Å². The van der Waals surface area contributed by atoms with Crippen LogP contribution in [-0.2, 0) is 4.79 Å². The molecule has 110 valence electrons. The lowest BCUT2D eigenvalue weighted by atomic mass is 10.0. The molecule has 1 rings (SSSR count). The van der Waals surface area contributed by atoms with Gasteiger partial charge in [0.25, 0.3) is 0 Å². The molecule has 0 bridgehead atoms. The molecule has 0 heterocycles. The van der Waals surface area contributed by atoms with Crippen LogP contribution in [0.15, 0.2) is 12.1 Å². The van der Waals surface area contributed by atoms with Gasteiger partial charge in [-0.05, 0) is 17.7 Å². The number of carbonyl (C=O) groups excluding carboxylic acids is 1. The van der Waals surface area contributed by atoms with Crippen LogP contribution in [0.25, 0.3) is 0 Å². The largest absolute Gasteiger partial charge is 0.389 e. The summed E-state index contributed by atoms with van der Waals surface area (Å²) in [5, 5.41) is 29.4. The fourth-order valence-electron chi connectivity index (χ4n) is 1.45. The highest BCUT2D eigenvalue weighted by molar-refractivity contribution is 8.13. The van der Waals surface area contributed by atoms with Crippen LogP contribution in [0, 0.1) is 21.7 Å². The number of thioether (sulfide) groups is 1. The van der Waals surface area contributed by atoms with Gasteiger partial charge in [0.1, 0.15) is 6.10 Å². The molecule has 9 heteroatoms. The lowest BCUT2D eigenvalue weighted by molar-refractivity contribution is -0.390. The Labute approximate surface area is 116 Å². The number of rotatable bonds is 5. The van der Waals surface area contributed by atoms with Gasteiger partial charge in [0, 0.05) is 12.7 Å². The second-order valence-corrected chi connectivity index (χ2v) is 5.10. The van der Waals surface area contributed by atoms with Crippen molar-refractivity contribution in [3.63, 3.8) is 0 Å². The van der Waals surface area contributed by atoms with Crippen molar-refractivity contribution < 1.29 is 28.7 Å². The Balaban J connectivity index is 2.97. The van der Waals surface area contributed by atoms with E-state index in [9.17, 15) is 33.9 Å². The van der Waals surface area contributed by atoms with Gasteiger partial charge in [-0.1, -0.05) is 11.8 Å². The molecule has 2 N–H and O–H groups in total. The van der Waals surface area contributed by atoms with Crippen molar-refractivity contribution in [3.05, 3.63) is 39.4 Å². The van der Waals surface area contributed by atoms with Crippen LogP contribution in [0.1, 0.15) is 18.6 Å². The average Bonchev–Trinajstić information content (AvgIpc) is 2.33. The minimum absolute atomic E-state index is 0.170. The van der Waals surface area contributed by atoms with Crippen LogP contribution >= 0.6 is 11.8 Å². The van der Waals surface area contributed by atoms with E-state index in [1.807, 2.05) is 0 Å². The third kappa shape index (κ3) is 3.95. The van der Waals surface area contributed by atoms with Crippen molar-refractivity contribution >= 4 is 22.6 Å². The number of halogens is 2. The third-order valence-corrected chi connectivity index (χ3v) is 3.30. The van der Waals surface area contributed by atoms with Gasteiger partial charge >= 0.3 is 5.69 Å². The summed E-state index contributed by atoms with van der Waals surface area (Å²) >= 11 is 0.734. The number of aliphatic hydroxyl groups is 2. The molecule has 0 aliphatic rings. The SMILES string of the molecule is CC(=O)SCC(O)C(O)c1cc(F)c([N+](=O)[O-])c(F)c1. The molecule has 0 spiro atoms. The second kappa shape index (κ2) is 6.73. The minimum Gasteiger partial charge on any atom is -0.389 e. The molecule has 0 fully saturated rings. The summed E-state index contributed by atoms with van der Waals surface area (Å²) in [6.45, 7) is 1.26. The first-order valence-corrected chi connectivity index (χ1v) is 6.35. The first-order chi connectivity index (χ1) is 9.23. The Kier molecular flexibility index (Phi) is 5.54. The lowest BCUT2D eigenvalue weighted by Gasteiger charge is -2.17. The van der Waals surface area contributed by atoms with Crippen molar-refractivity contribution in [2.45, 2.75) is 19.1 Å². The molecule has 0 saturated heterocycles. The third-order valence-electron chi connectivity index (χ3n) is 2.39. The van der Waals surface area contributed by atoms with Crippen molar-refractivity contribution in [2.24, 2.45) is 0 Å². The number of nitro groups is 1. The summed E-state index contributed by atoms with van der Waals surface area (Å²) in [4.78, 5) is 19.9. The lowest BCUT2D eigenvalue weighted by Crippen LogP contribution is -2.21. The maximum absolute atomic E-state index is 13.4. The van der Waals surface area contributed by atoms with Gasteiger partial charge < -0.3 is 10.2 Å². The maximum Gasteiger partial charge on any atom is 0.340 e. The predicted octanol–water partition coefficient (Wildman–Crippen LogP) is 1.55. The first-order valence-electron chi connectivity index (χ1n) is 5.36. The van der Waals surface area contributed by atoms with Gasteiger partial charge in [-0.25, -0.2) is 0 Å². The molecule has 6 nitrogen and oxygen atoms in total. The molecular formula is C11H11F2NO5S. The molecule has 0 saturated carbocycles. The monoisotopic (exact) mass is 307 g/mol. The van der Waals surface area contributed by atoms with Gasteiger partial charge in [-0.3, -0.25) is 14.9 Å². The molecule has 0 aliphatic heterocycles. The predicted molar refractivity (Wildman–Crippen MR) is 67.1 cm³/mol. The van der Waals surface area contributed by atoms with Crippen LogP contribution in [0.3, 0.4) is 0 Å². The van der Waals surface area contributed by atoms with E-state index in [-0.39, 0.29) is 16.4 Å². The minimum atomic E-state index is -1.66. The van der Waals surface area contributed by atoms with Crippen molar-refractivity contribution in [3.8, 4) is 0 Å². The van der Waals surface area contributed by atoms with E-state index in [1.54, 1.807) is 0 Å². The average molecular weight is 307 g/mol. The van der Waals surface area contributed by atoms with E-state index < -0.39 is 34.5 Å². The Hall–Kier alpha value is -1.58. The molecule has 20 heavy (non-hydrogen) atoms. The topological polar surface area (TPSA) is 101 Å².